The normalized spacial score (nSPS) is 9.00. The average molecular weight is 162 g/mol. The monoisotopic (exact) mass is 162 g/mol. The van der Waals surface area contributed by atoms with Gasteiger partial charge in [-0.1, -0.05) is 6.92 Å². The maximum Gasteiger partial charge on any atom is 0.318 e. The summed E-state index contributed by atoms with van der Waals surface area (Å²) < 4.78 is 4.47. The summed E-state index contributed by atoms with van der Waals surface area (Å²) in [5.41, 5.74) is 0. The molecule has 0 spiro atoms. The third kappa shape index (κ3) is 5.62. The zero-order valence-electron chi connectivity index (χ0n) is 6.05. The highest BCUT2D eigenvalue weighted by atomic mass is 32.2. The second-order valence-corrected chi connectivity index (χ2v) is 2.69. The molecule has 10 heavy (non-hydrogen) atoms. The van der Waals surface area contributed by atoms with Gasteiger partial charge in [-0.15, -0.1) is 0 Å². The molecule has 4 heteroatoms. The lowest BCUT2D eigenvalue weighted by Gasteiger charge is -1.95. The van der Waals surface area contributed by atoms with E-state index in [-0.39, 0.29) is 11.1 Å². The summed E-state index contributed by atoms with van der Waals surface area (Å²) in [5.74, 6) is -0.331. The summed E-state index contributed by atoms with van der Waals surface area (Å²) in [5, 5.41) is -0.204. The summed E-state index contributed by atoms with van der Waals surface area (Å²) >= 11 is 0.591. The fourth-order valence-corrected chi connectivity index (χ4v) is 0.645. The highest BCUT2D eigenvalue weighted by Gasteiger charge is 2.02. The van der Waals surface area contributed by atoms with Gasteiger partial charge < -0.3 is 4.18 Å². The van der Waals surface area contributed by atoms with Crippen LogP contribution in [0.25, 0.3) is 0 Å². The van der Waals surface area contributed by atoms with Crippen LogP contribution in [0, 0.1) is 0 Å². The standard InChI is InChI=1S/C6H10O3S/c1-3-4-6(8)9-10-5(2)7/h3-4H2,1-2H3. The zero-order chi connectivity index (χ0) is 7.98. The highest BCUT2D eigenvalue weighted by Crippen LogP contribution is 2.05. The first-order valence-electron chi connectivity index (χ1n) is 3.04. The third-order valence-corrected chi connectivity index (χ3v) is 1.21. The highest BCUT2D eigenvalue weighted by molar-refractivity contribution is 8.09. The lowest BCUT2D eigenvalue weighted by Crippen LogP contribution is -1.98. The molecular formula is C6H10O3S. The van der Waals surface area contributed by atoms with Gasteiger partial charge in [-0.3, -0.25) is 9.59 Å². The summed E-state index contributed by atoms with van der Waals surface area (Å²) in [6, 6.07) is 0. The second kappa shape index (κ2) is 5.29. The summed E-state index contributed by atoms with van der Waals surface area (Å²) in [6.07, 6.45) is 1.12. The van der Waals surface area contributed by atoms with Crippen LogP contribution in [0.1, 0.15) is 26.7 Å². The molecule has 3 nitrogen and oxygen atoms in total. The molecule has 0 aromatic carbocycles. The average Bonchev–Trinajstić information content (AvgIpc) is 1.85. The predicted molar refractivity (Wildman–Crippen MR) is 39.3 cm³/mol. The van der Waals surface area contributed by atoms with Crippen molar-refractivity contribution in [2.24, 2.45) is 0 Å². The van der Waals surface area contributed by atoms with Gasteiger partial charge in [0.1, 0.15) is 12.0 Å². The van der Waals surface area contributed by atoms with Crippen LogP contribution in [0.2, 0.25) is 0 Å². The Labute approximate surface area is 64.3 Å². The molecule has 58 valence electrons. The van der Waals surface area contributed by atoms with Crippen LogP contribution in [0.15, 0.2) is 0 Å². The topological polar surface area (TPSA) is 43.4 Å². The SMILES string of the molecule is CCCC(=O)OSC(C)=O. The van der Waals surface area contributed by atoms with Crippen molar-refractivity contribution in [1.29, 1.82) is 0 Å². The van der Waals surface area contributed by atoms with E-state index in [1.807, 2.05) is 6.92 Å². The number of carbonyl (C=O) groups is 2. The molecule has 0 bridgehead atoms. The molecule has 0 rings (SSSR count). The molecule has 0 fully saturated rings. The minimum absolute atomic E-state index is 0.204. The molecule has 0 unspecified atom stereocenters. The van der Waals surface area contributed by atoms with E-state index >= 15 is 0 Å². The first kappa shape index (κ1) is 9.49. The molecule has 0 atom stereocenters. The molecular weight excluding hydrogens is 152 g/mol. The second-order valence-electron chi connectivity index (χ2n) is 1.78. The van der Waals surface area contributed by atoms with Crippen LogP contribution in [-0.4, -0.2) is 11.1 Å². The van der Waals surface area contributed by atoms with E-state index in [1.54, 1.807) is 0 Å². The first-order chi connectivity index (χ1) is 4.66. The Hall–Kier alpha value is -0.510. The van der Waals surface area contributed by atoms with E-state index in [9.17, 15) is 9.59 Å². The largest absolute Gasteiger partial charge is 0.383 e. The number of hydrogen-bond donors (Lipinski definition) is 0. The van der Waals surface area contributed by atoms with E-state index in [1.165, 1.54) is 6.92 Å². The summed E-state index contributed by atoms with van der Waals surface area (Å²) in [4.78, 5) is 20.8. The Bertz CT molecular complexity index is 133. The van der Waals surface area contributed by atoms with E-state index in [0.717, 1.165) is 6.42 Å². The molecule has 0 aromatic rings. The van der Waals surface area contributed by atoms with E-state index in [2.05, 4.69) is 4.18 Å². The van der Waals surface area contributed by atoms with Crippen molar-refractivity contribution in [3.63, 3.8) is 0 Å². The molecule has 0 heterocycles. The van der Waals surface area contributed by atoms with Gasteiger partial charge >= 0.3 is 5.97 Å². The van der Waals surface area contributed by atoms with E-state index in [4.69, 9.17) is 0 Å². The molecule has 0 saturated carbocycles. The molecule has 0 N–H and O–H groups in total. The lowest BCUT2D eigenvalue weighted by molar-refractivity contribution is -0.133. The third-order valence-electron chi connectivity index (χ3n) is 0.706. The van der Waals surface area contributed by atoms with Crippen molar-refractivity contribution < 1.29 is 13.8 Å². The summed E-state index contributed by atoms with van der Waals surface area (Å²) in [6.45, 7) is 3.23. The van der Waals surface area contributed by atoms with Crippen LogP contribution in [-0.2, 0) is 13.8 Å². The maximum absolute atomic E-state index is 10.6. The fraction of sp³-hybridized carbons (Fsp3) is 0.667. The lowest BCUT2D eigenvalue weighted by atomic mass is 10.4. The molecule has 0 amide bonds. The van der Waals surface area contributed by atoms with Crippen LogP contribution in [0.4, 0.5) is 0 Å². The van der Waals surface area contributed by atoms with Gasteiger partial charge in [0.15, 0.2) is 0 Å². The molecule has 0 aliphatic heterocycles. The fourth-order valence-electron chi connectivity index (χ4n) is 0.351. The number of hydrogen-bond acceptors (Lipinski definition) is 4. The van der Waals surface area contributed by atoms with Gasteiger partial charge in [0.05, 0.1) is 0 Å². The van der Waals surface area contributed by atoms with Crippen molar-refractivity contribution in [1.82, 2.24) is 0 Å². The van der Waals surface area contributed by atoms with Crippen molar-refractivity contribution in [2.75, 3.05) is 0 Å². The Kier molecular flexibility index (Phi) is 5.02. The molecule has 0 radical (unpaired) electrons. The first-order valence-corrected chi connectivity index (χ1v) is 3.79. The van der Waals surface area contributed by atoms with Crippen molar-refractivity contribution in [3.05, 3.63) is 0 Å². The van der Waals surface area contributed by atoms with Crippen molar-refractivity contribution >= 4 is 23.1 Å². The Morgan fingerprint density at radius 3 is 2.50 bits per heavy atom. The molecule has 0 aliphatic carbocycles. The molecule has 0 aromatic heterocycles. The minimum Gasteiger partial charge on any atom is -0.383 e. The van der Waals surface area contributed by atoms with Crippen LogP contribution in [0.5, 0.6) is 0 Å². The quantitative estimate of drug-likeness (QED) is 0.577. The van der Waals surface area contributed by atoms with Gasteiger partial charge in [0.2, 0.25) is 5.12 Å². The van der Waals surface area contributed by atoms with Gasteiger partial charge in [0, 0.05) is 13.3 Å². The molecule has 0 saturated heterocycles. The Balaban J connectivity index is 3.30. The van der Waals surface area contributed by atoms with Gasteiger partial charge in [-0.25, -0.2) is 0 Å². The molecule has 0 aliphatic rings. The number of rotatable bonds is 2. The van der Waals surface area contributed by atoms with Crippen LogP contribution in [0.3, 0.4) is 0 Å². The Morgan fingerprint density at radius 1 is 1.50 bits per heavy atom. The maximum atomic E-state index is 10.6. The summed E-state index contributed by atoms with van der Waals surface area (Å²) in [7, 11) is 0. The predicted octanol–water partition coefficient (Wildman–Crippen LogP) is 1.52. The van der Waals surface area contributed by atoms with Gasteiger partial charge in [-0.2, -0.15) is 0 Å². The van der Waals surface area contributed by atoms with Gasteiger partial charge in [0.25, 0.3) is 0 Å². The van der Waals surface area contributed by atoms with Crippen molar-refractivity contribution in [3.8, 4) is 0 Å². The minimum atomic E-state index is -0.331. The smallest absolute Gasteiger partial charge is 0.318 e. The van der Waals surface area contributed by atoms with Gasteiger partial charge in [-0.05, 0) is 6.42 Å². The van der Waals surface area contributed by atoms with Crippen LogP contribution < -0.4 is 0 Å². The Morgan fingerprint density at radius 2 is 2.10 bits per heavy atom. The van der Waals surface area contributed by atoms with E-state index in [0.29, 0.717) is 18.5 Å². The number of carbonyl (C=O) groups excluding carboxylic acids is 2. The van der Waals surface area contributed by atoms with Crippen molar-refractivity contribution in [2.45, 2.75) is 26.7 Å². The van der Waals surface area contributed by atoms with Crippen LogP contribution >= 0.6 is 12.0 Å². The zero-order valence-corrected chi connectivity index (χ0v) is 6.86. The van der Waals surface area contributed by atoms with E-state index < -0.39 is 0 Å².